The number of ether oxygens (including phenoxy) is 1. The number of methoxy groups -OCH3 is 1. The first-order valence-electron chi connectivity index (χ1n) is 9.90. The molecule has 1 aliphatic heterocycles. The monoisotopic (exact) mass is 449 g/mol. The van der Waals surface area contributed by atoms with Crippen molar-refractivity contribution in [3.05, 3.63) is 83.4 Å². The summed E-state index contributed by atoms with van der Waals surface area (Å²) in [6.45, 7) is 0. The number of nitrogens with one attached hydrogen (secondary N) is 2. The largest absolute Gasteiger partial charge is 0.496 e. The van der Waals surface area contributed by atoms with Gasteiger partial charge in [0, 0.05) is 10.7 Å². The molecule has 2 N–H and O–H groups in total. The van der Waals surface area contributed by atoms with E-state index in [1.54, 1.807) is 72.8 Å². The molecule has 32 heavy (non-hydrogen) atoms. The molecule has 1 heterocycles. The van der Waals surface area contributed by atoms with E-state index in [1.807, 2.05) is 0 Å². The van der Waals surface area contributed by atoms with E-state index in [9.17, 15) is 14.4 Å². The summed E-state index contributed by atoms with van der Waals surface area (Å²) >= 11 is 5.89. The number of halogens is 1. The van der Waals surface area contributed by atoms with E-state index in [-0.39, 0.29) is 6.42 Å². The molecule has 0 fully saturated rings. The number of carbonyl (C=O) groups excluding carboxylic acids is 3. The molecule has 0 bridgehead atoms. The summed E-state index contributed by atoms with van der Waals surface area (Å²) in [6.07, 6.45) is -0.232. The van der Waals surface area contributed by atoms with E-state index in [4.69, 9.17) is 16.3 Å². The Balaban J connectivity index is 1.67. The van der Waals surface area contributed by atoms with Crippen LogP contribution in [0.2, 0.25) is 5.02 Å². The normalized spacial score (nSPS) is 14.9. The summed E-state index contributed by atoms with van der Waals surface area (Å²) in [6, 6.07) is 19.3. The lowest BCUT2D eigenvalue weighted by molar-refractivity contribution is -0.122. The first-order chi connectivity index (χ1) is 15.5. The fraction of sp³-hybridized carbons (Fsp3) is 0.125. The van der Waals surface area contributed by atoms with Gasteiger partial charge in [0.15, 0.2) is 0 Å². The first kappa shape index (κ1) is 21.4. The highest BCUT2D eigenvalue weighted by molar-refractivity contribution is 6.30. The van der Waals surface area contributed by atoms with Crippen LogP contribution in [0.15, 0.2) is 72.8 Å². The summed E-state index contributed by atoms with van der Waals surface area (Å²) in [7, 11) is 1.47. The van der Waals surface area contributed by atoms with Crippen LogP contribution in [0, 0.1) is 0 Å². The number of fused-ring (bicyclic) bond motifs is 1. The van der Waals surface area contributed by atoms with Crippen LogP contribution in [0.3, 0.4) is 0 Å². The quantitative estimate of drug-likeness (QED) is 0.606. The van der Waals surface area contributed by atoms with Crippen LogP contribution in [0.1, 0.15) is 16.8 Å². The Morgan fingerprint density at radius 3 is 2.47 bits per heavy atom. The van der Waals surface area contributed by atoms with Gasteiger partial charge in [-0.25, -0.2) is 0 Å². The number of benzene rings is 3. The Morgan fingerprint density at radius 1 is 1.03 bits per heavy atom. The van der Waals surface area contributed by atoms with E-state index < -0.39 is 23.8 Å². The van der Waals surface area contributed by atoms with Gasteiger partial charge in [-0.05, 0) is 48.5 Å². The fourth-order valence-electron chi connectivity index (χ4n) is 3.60. The minimum Gasteiger partial charge on any atom is -0.496 e. The fourth-order valence-corrected chi connectivity index (χ4v) is 3.72. The van der Waals surface area contributed by atoms with Crippen LogP contribution in [0.25, 0.3) is 0 Å². The van der Waals surface area contributed by atoms with Crippen LogP contribution >= 0.6 is 11.6 Å². The zero-order chi connectivity index (χ0) is 22.7. The Hall–Kier alpha value is -3.84. The number of para-hydroxylation sites is 3. The third-order valence-electron chi connectivity index (χ3n) is 5.10. The average molecular weight is 450 g/mol. The lowest BCUT2D eigenvalue weighted by atomic mass is 10.0. The van der Waals surface area contributed by atoms with Crippen molar-refractivity contribution in [2.45, 2.75) is 12.5 Å². The predicted octanol–water partition coefficient (Wildman–Crippen LogP) is 4.34. The maximum absolute atomic E-state index is 13.6. The highest BCUT2D eigenvalue weighted by Crippen LogP contribution is 2.35. The zero-order valence-electron chi connectivity index (χ0n) is 17.2. The number of amides is 3. The molecule has 1 atom stereocenters. The predicted molar refractivity (Wildman–Crippen MR) is 123 cm³/mol. The summed E-state index contributed by atoms with van der Waals surface area (Å²) in [4.78, 5) is 40.7. The van der Waals surface area contributed by atoms with Crippen LogP contribution in [-0.2, 0) is 9.59 Å². The van der Waals surface area contributed by atoms with Crippen molar-refractivity contribution >= 4 is 46.4 Å². The molecular formula is C24H20ClN3O4. The number of hydrogen-bond acceptors (Lipinski definition) is 4. The van der Waals surface area contributed by atoms with E-state index in [1.165, 1.54) is 12.0 Å². The molecule has 0 radical (unpaired) electrons. The summed E-state index contributed by atoms with van der Waals surface area (Å²) in [5.41, 5.74) is 1.84. The van der Waals surface area contributed by atoms with Crippen LogP contribution in [0.5, 0.6) is 5.75 Å². The molecule has 0 aromatic heterocycles. The third-order valence-corrected chi connectivity index (χ3v) is 5.35. The van der Waals surface area contributed by atoms with Gasteiger partial charge < -0.3 is 15.4 Å². The van der Waals surface area contributed by atoms with Crippen LogP contribution < -0.4 is 20.3 Å². The van der Waals surface area contributed by atoms with Crippen molar-refractivity contribution in [1.29, 1.82) is 0 Å². The Bertz CT molecular complexity index is 1180. The second kappa shape index (κ2) is 9.11. The summed E-state index contributed by atoms with van der Waals surface area (Å²) in [5, 5.41) is 6.07. The van der Waals surface area contributed by atoms with Gasteiger partial charge in [0.1, 0.15) is 11.8 Å². The number of nitrogens with zero attached hydrogens (tertiary/aromatic N) is 1. The van der Waals surface area contributed by atoms with Crippen molar-refractivity contribution in [1.82, 2.24) is 0 Å². The highest BCUT2D eigenvalue weighted by atomic mass is 35.5. The highest BCUT2D eigenvalue weighted by Gasteiger charge is 2.39. The topological polar surface area (TPSA) is 87.7 Å². The van der Waals surface area contributed by atoms with Crippen molar-refractivity contribution < 1.29 is 19.1 Å². The van der Waals surface area contributed by atoms with E-state index in [0.29, 0.717) is 33.4 Å². The molecule has 0 saturated carbocycles. The Morgan fingerprint density at radius 2 is 1.72 bits per heavy atom. The van der Waals surface area contributed by atoms with Gasteiger partial charge in [-0.3, -0.25) is 19.3 Å². The van der Waals surface area contributed by atoms with E-state index >= 15 is 0 Å². The maximum atomic E-state index is 13.6. The SMILES string of the molecule is COc1ccccc1C(=O)N1c2ccccc2NC(=O)[C@H]1CC(=O)Nc1ccc(Cl)cc1. The van der Waals surface area contributed by atoms with Gasteiger partial charge in [-0.2, -0.15) is 0 Å². The van der Waals surface area contributed by atoms with Gasteiger partial charge >= 0.3 is 0 Å². The molecule has 7 nitrogen and oxygen atoms in total. The molecule has 8 heteroatoms. The van der Waals surface area contributed by atoms with Crippen molar-refractivity contribution in [3.63, 3.8) is 0 Å². The van der Waals surface area contributed by atoms with Gasteiger partial charge in [0.2, 0.25) is 11.8 Å². The molecule has 0 saturated heterocycles. The van der Waals surface area contributed by atoms with Crippen molar-refractivity contribution in [2.24, 2.45) is 0 Å². The smallest absolute Gasteiger partial charge is 0.262 e. The van der Waals surface area contributed by atoms with E-state index in [0.717, 1.165) is 0 Å². The number of hydrogen-bond donors (Lipinski definition) is 2. The summed E-state index contributed by atoms with van der Waals surface area (Å²) in [5.74, 6) is -0.915. The van der Waals surface area contributed by atoms with Crippen molar-refractivity contribution in [3.8, 4) is 5.75 Å². The minimum absolute atomic E-state index is 0.232. The molecule has 4 rings (SSSR count). The molecular weight excluding hydrogens is 430 g/mol. The molecule has 1 aliphatic rings. The minimum atomic E-state index is -1.05. The first-order valence-corrected chi connectivity index (χ1v) is 10.3. The van der Waals surface area contributed by atoms with Gasteiger partial charge in [0.05, 0.1) is 30.5 Å². The lowest BCUT2D eigenvalue weighted by Gasteiger charge is -2.36. The Kier molecular flexibility index (Phi) is 6.09. The zero-order valence-corrected chi connectivity index (χ0v) is 17.9. The molecule has 3 aromatic rings. The molecule has 0 unspecified atom stereocenters. The summed E-state index contributed by atoms with van der Waals surface area (Å²) < 4.78 is 5.34. The molecule has 3 aromatic carbocycles. The standard InChI is InChI=1S/C24H20ClN3O4/c1-32-21-9-5-2-6-17(21)24(31)28-19-8-4-3-7-18(19)27-23(30)20(28)14-22(29)26-16-12-10-15(25)11-13-16/h2-13,20H,14H2,1H3,(H,26,29)(H,27,30)/t20-/m1/s1. The van der Waals surface area contributed by atoms with Crippen LogP contribution in [-0.4, -0.2) is 30.9 Å². The molecule has 0 aliphatic carbocycles. The number of anilines is 3. The average Bonchev–Trinajstić information content (AvgIpc) is 2.80. The number of carbonyl (C=O) groups is 3. The number of rotatable bonds is 5. The maximum Gasteiger partial charge on any atom is 0.262 e. The van der Waals surface area contributed by atoms with Gasteiger partial charge in [-0.1, -0.05) is 35.9 Å². The second-order valence-corrected chi connectivity index (χ2v) is 7.59. The molecule has 0 spiro atoms. The molecule has 3 amide bonds. The van der Waals surface area contributed by atoms with E-state index in [2.05, 4.69) is 10.6 Å². The van der Waals surface area contributed by atoms with Crippen LogP contribution in [0.4, 0.5) is 17.1 Å². The third kappa shape index (κ3) is 4.29. The lowest BCUT2D eigenvalue weighted by Crippen LogP contribution is -2.52. The van der Waals surface area contributed by atoms with Crippen molar-refractivity contribution in [2.75, 3.05) is 22.6 Å². The molecule has 162 valence electrons. The van der Waals surface area contributed by atoms with Gasteiger partial charge in [-0.15, -0.1) is 0 Å². The van der Waals surface area contributed by atoms with Gasteiger partial charge in [0.25, 0.3) is 5.91 Å². The Labute approximate surface area is 189 Å². The second-order valence-electron chi connectivity index (χ2n) is 7.16.